The fourth-order valence-electron chi connectivity index (χ4n) is 1.92. The molecule has 0 aliphatic rings. The van der Waals surface area contributed by atoms with Gasteiger partial charge in [-0.05, 0) is 41.9 Å². The number of benzene rings is 1. The first kappa shape index (κ1) is 14.4. The summed E-state index contributed by atoms with van der Waals surface area (Å²) in [6.45, 7) is 3.67. The van der Waals surface area contributed by atoms with Gasteiger partial charge in [-0.2, -0.15) is 5.26 Å². The summed E-state index contributed by atoms with van der Waals surface area (Å²) in [4.78, 5) is 11.8. The maximum absolute atomic E-state index is 11.8. The van der Waals surface area contributed by atoms with E-state index < -0.39 is 5.97 Å². The highest BCUT2D eigenvalue weighted by molar-refractivity contribution is 9.10. The van der Waals surface area contributed by atoms with Crippen molar-refractivity contribution < 1.29 is 18.7 Å². The van der Waals surface area contributed by atoms with Crippen molar-refractivity contribution in [2.24, 2.45) is 0 Å². The third-order valence-electron chi connectivity index (χ3n) is 2.74. The van der Waals surface area contributed by atoms with Gasteiger partial charge in [-0.25, -0.2) is 4.79 Å². The standard InChI is InChI=1S/C14H12BrNO4/c1-3-18-14(17)12-8(2)11-10(20-12)5-4-9(15)13(11)19-7-6-16/h4-5H,3,7H2,1-2H3. The van der Waals surface area contributed by atoms with Gasteiger partial charge in [-0.1, -0.05) is 0 Å². The van der Waals surface area contributed by atoms with Crippen LogP contribution in [0.2, 0.25) is 0 Å². The molecule has 1 aromatic heterocycles. The largest absolute Gasteiger partial charge is 0.477 e. The number of fused-ring (bicyclic) bond motifs is 1. The first-order chi connectivity index (χ1) is 9.60. The molecule has 1 aromatic carbocycles. The van der Waals surface area contributed by atoms with E-state index in [2.05, 4.69) is 15.9 Å². The third-order valence-corrected chi connectivity index (χ3v) is 3.37. The molecule has 6 heteroatoms. The van der Waals surface area contributed by atoms with E-state index in [1.807, 2.05) is 6.07 Å². The van der Waals surface area contributed by atoms with Crippen LogP contribution >= 0.6 is 15.9 Å². The Kier molecular flexibility index (Phi) is 4.30. The van der Waals surface area contributed by atoms with Crippen LogP contribution in [-0.4, -0.2) is 19.2 Å². The van der Waals surface area contributed by atoms with Crippen LogP contribution < -0.4 is 4.74 Å². The Morgan fingerprint density at radius 1 is 1.50 bits per heavy atom. The van der Waals surface area contributed by atoms with Gasteiger partial charge in [0.15, 0.2) is 6.61 Å². The lowest BCUT2D eigenvalue weighted by Gasteiger charge is -2.06. The van der Waals surface area contributed by atoms with Crippen LogP contribution in [0.3, 0.4) is 0 Å². The highest BCUT2D eigenvalue weighted by Gasteiger charge is 2.22. The summed E-state index contributed by atoms with van der Waals surface area (Å²) in [5.41, 5.74) is 1.15. The number of hydrogen-bond donors (Lipinski definition) is 0. The van der Waals surface area contributed by atoms with Gasteiger partial charge >= 0.3 is 5.97 Å². The number of rotatable bonds is 4. The summed E-state index contributed by atoms with van der Waals surface area (Å²) < 4.78 is 16.6. The molecule has 0 saturated heterocycles. The molecule has 104 valence electrons. The highest BCUT2D eigenvalue weighted by Crippen LogP contribution is 2.38. The Morgan fingerprint density at radius 3 is 2.90 bits per heavy atom. The average molecular weight is 338 g/mol. The Labute approximate surface area is 124 Å². The van der Waals surface area contributed by atoms with Gasteiger partial charge in [-0.15, -0.1) is 0 Å². The van der Waals surface area contributed by atoms with Crippen LogP contribution in [0.1, 0.15) is 23.0 Å². The average Bonchev–Trinajstić information content (AvgIpc) is 2.76. The maximum atomic E-state index is 11.8. The molecule has 0 saturated carbocycles. The van der Waals surface area contributed by atoms with Gasteiger partial charge < -0.3 is 13.9 Å². The molecule has 0 aliphatic carbocycles. The van der Waals surface area contributed by atoms with Crippen molar-refractivity contribution in [2.75, 3.05) is 13.2 Å². The molecule has 2 rings (SSSR count). The number of halogens is 1. The molecule has 0 fully saturated rings. The summed E-state index contributed by atoms with van der Waals surface area (Å²) in [5, 5.41) is 9.30. The molecule has 0 aliphatic heterocycles. The van der Waals surface area contributed by atoms with Crippen LogP contribution in [0.5, 0.6) is 5.75 Å². The summed E-state index contributed by atoms with van der Waals surface area (Å²) in [6.07, 6.45) is 0. The van der Waals surface area contributed by atoms with Crippen LogP contribution in [0, 0.1) is 18.3 Å². The number of ether oxygens (including phenoxy) is 2. The van der Waals surface area contributed by atoms with Gasteiger partial charge in [0, 0.05) is 5.56 Å². The normalized spacial score (nSPS) is 10.3. The highest BCUT2D eigenvalue weighted by atomic mass is 79.9. The summed E-state index contributed by atoms with van der Waals surface area (Å²) >= 11 is 3.37. The third kappa shape index (κ3) is 2.49. The molecular weight excluding hydrogens is 326 g/mol. The fourth-order valence-corrected chi connectivity index (χ4v) is 2.36. The van der Waals surface area contributed by atoms with E-state index in [4.69, 9.17) is 19.2 Å². The van der Waals surface area contributed by atoms with Crippen LogP contribution in [-0.2, 0) is 4.74 Å². The number of aryl methyl sites for hydroxylation is 1. The number of nitrogens with zero attached hydrogens (tertiary/aromatic N) is 1. The van der Waals surface area contributed by atoms with Crippen LogP contribution in [0.15, 0.2) is 21.0 Å². The second kappa shape index (κ2) is 5.97. The molecule has 0 N–H and O–H groups in total. The Hall–Kier alpha value is -2.00. The predicted octanol–water partition coefficient (Wildman–Crippen LogP) is 3.58. The Balaban J connectivity index is 2.60. The minimum Gasteiger partial charge on any atom is -0.477 e. The molecule has 0 spiro atoms. The number of carbonyl (C=O) groups excluding carboxylic acids is 1. The van der Waals surface area contributed by atoms with Gasteiger partial charge in [-0.3, -0.25) is 0 Å². The van der Waals surface area contributed by atoms with Crippen LogP contribution in [0.25, 0.3) is 11.0 Å². The first-order valence-electron chi connectivity index (χ1n) is 5.98. The molecule has 0 amide bonds. The second-order valence-corrected chi connectivity index (χ2v) is 4.83. The molecule has 1 heterocycles. The fraction of sp³-hybridized carbons (Fsp3) is 0.286. The van der Waals surface area contributed by atoms with E-state index in [-0.39, 0.29) is 19.0 Å². The maximum Gasteiger partial charge on any atom is 0.374 e. The van der Waals surface area contributed by atoms with Crippen molar-refractivity contribution in [3.8, 4) is 11.8 Å². The molecular formula is C14H12BrNO4. The van der Waals surface area contributed by atoms with E-state index in [0.29, 0.717) is 26.8 Å². The molecule has 0 unspecified atom stereocenters. The molecule has 2 aromatic rings. The minimum atomic E-state index is -0.511. The molecule has 20 heavy (non-hydrogen) atoms. The van der Waals surface area contributed by atoms with Gasteiger partial charge in [0.1, 0.15) is 17.4 Å². The minimum absolute atomic E-state index is 0.0862. The van der Waals surface area contributed by atoms with Crippen molar-refractivity contribution in [3.05, 3.63) is 27.9 Å². The number of hydrogen-bond acceptors (Lipinski definition) is 5. The van der Waals surface area contributed by atoms with Crippen LogP contribution in [0.4, 0.5) is 0 Å². The lowest BCUT2D eigenvalue weighted by molar-refractivity contribution is 0.0491. The predicted molar refractivity (Wildman–Crippen MR) is 75.7 cm³/mol. The van der Waals surface area contributed by atoms with Crippen molar-refractivity contribution >= 4 is 32.9 Å². The van der Waals surface area contributed by atoms with Gasteiger partial charge in [0.05, 0.1) is 16.5 Å². The van der Waals surface area contributed by atoms with Crippen molar-refractivity contribution in [1.29, 1.82) is 5.26 Å². The topological polar surface area (TPSA) is 72.5 Å². The molecule has 0 atom stereocenters. The number of nitriles is 1. The van der Waals surface area contributed by atoms with Crippen molar-refractivity contribution in [2.45, 2.75) is 13.8 Å². The second-order valence-electron chi connectivity index (χ2n) is 3.97. The van der Waals surface area contributed by atoms with E-state index in [1.165, 1.54) is 0 Å². The lowest BCUT2D eigenvalue weighted by Crippen LogP contribution is -2.04. The number of furan rings is 1. The zero-order valence-electron chi connectivity index (χ0n) is 11.0. The SMILES string of the molecule is CCOC(=O)c1oc2ccc(Br)c(OCC#N)c2c1C. The summed E-state index contributed by atoms with van der Waals surface area (Å²) in [6, 6.07) is 5.39. The zero-order valence-corrected chi connectivity index (χ0v) is 12.6. The van der Waals surface area contributed by atoms with Gasteiger partial charge in [0.25, 0.3) is 0 Å². The van der Waals surface area contributed by atoms with E-state index in [9.17, 15) is 4.79 Å². The molecule has 5 nitrogen and oxygen atoms in total. The number of carbonyl (C=O) groups is 1. The number of esters is 1. The van der Waals surface area contributed by atoms with E-state index in [0.717, 1.165) is 0 Å². The van der Waals surface area contributed by atoms with Gasteiger partial charge in [0.2, 0.25) is 5.76 Å². The molecule has 0 radical (unpaired) electrons. The Morgan fingerprint density at radius 2 is 2.25 bits per heavy atom. The summed E-state index contributed by atoms with van der Waals surface area (Å²) in [5.74, 6) is 0.131. The lowest BCUT2D eigenvalue weighted by atomic mass is 10.1. The van der Waals surface area contributed by atoms with Crippen molar-refractivity contribution in [3.63, 3.8) is 0 Å². The summed E-state index contributed by atoms with van der Waals surface area (Å²) in [7, 11) is 0. The van der Waals surface area contributed by atoms with Crippen molar-refractivity contribution in [1.82, 2.24) is 0 Å². The van der Waals surface area contributed by atoms with E-state index >= 15 is 0 Å². The smallest absolute Gasteiger partial charge is 0.374 e. The van der Waals surface area contributed by atoms with E-state index in [1.54, 1.807) is 26.0 Å². The monoisotopic (exact) mass is 337 g/mol. The Bertz CT molecular complexity index is 699. The molecule has 0 bridgehead atoms. The first-order valence-corrected chi connectivity index (χ1v) is 6.77. The zero-order chi connectivity index (χ0) is 14.7. The quantitative estimate of drug-likeness (QED) is 0.797.